The zero-order valence-electron chi connectivity index (χ0n) is 7.58. The maximum absolute atomic E-state index is 8.69. The minimum Gasteiger partial charge on any atom is -0.396 e. The molecule has 0 saturated carbocycles. The minimum atomic E-state index is 0.318. The molecule has 0 aromatic heterocycles. The van der Waals surface area contributed by atoms with Gasteiger partial charge in [0, 0.05) is 25.9 Å². The molecular formula is C10H18NO+. The predicted molar refractivity (Wildman–Crippen MR) is 50.7 cm³/mol. The fourth-order valence-corrected chi connectivity index (χ4v) is 1.83. The van der Waals surface area contributed by atoms with Gasteiger partial charge in [-0.1, -0.05) is 6.58 Å². The van der Waals surface area contributed by atoms with Gasteiger partial charge in [-0.15, -0.1) is 0 Å². The molecule has 1 N–H and O–H groups in total. The summed E-state index contributed by atoms with van der Waals surface area (Å²) in [5.41, 5.74) is 0. The van der Waals surface area contributed by atoms with Gasteiger partial charge in [0.05, 0.1) is 0 Å². The smallest absolute Gasteiger partial charge is 0.162 e. The van der Waals surface area contributed by atoms with Gasteiger partial charge in [0.2, 0.25) is 0 Å². The van der Waals surface area contributed by atoms with Crippen molar-refractivity contribution in [3.63, 3.8) is 0 Å². The Balaban J connectivity index is 2.40. The third-order valence-electron chi connectivity index (χ3n) is 2.42. The molecular weight excluding hydrogens is 150 g/mol. The normalized spacial score (nSPS) is 26.4. The van der Waals surface area contributed by atoms with Crippen molar-refractivity contribution in [1.29, 1.82) is 0 Å². The molecule has 1 rings (SSSR count). The summed E-state index contributed by atoms with van der Waals surface area (Å²) in [4.78, 5) is 0. The summed E-state index contributed by atoms with van der Waals surface area (Å²) < 4.78 is 2.34. The van der Waals surface area contributed by atoms with E-state index in [1.165, 1.54) is 12.8 Å². The summed E-state index contributed by atoms with van der Waals surface area (Å²) in [7, 11) is 0. The molecule has 68 valence electrons. The quantitative estimate of drug-likeness (QED) is 0.626. The Morgan fingerprint density at radius 3 is 3.08 bits per heavy atom. The van der Waals surface area contributed by atoms with Gasteiger partial charge < -0.3 is 5.11 Å². The molecule has 1 aliphatic rings. The van der Waals surface area contributed by atoms with Crippen LogP contribution in [-0.4, -0.2) is 35.1 Å². The molecule has 1 saturated heterocycles. The van der Waals surface area contributed by atoms with Crippen LogP contribution in [0.3, 0.4) is 0 Å². The van der Waals surface area contributed by atoms with Crippen LogP contribution in [0.4, 0.5) is 0 Å². The van der Waals surface area contributed by atoms with Crippen LogP contribution in [0.15, 0.2) is 12.7 Å². The zero-order valence-corrected chi connectivity index (χ0v) is 7.58. The molecule has 0 bridgehead atoms. The van der Waals surface area contributed by atoms with E-state index in [4.69, 9.17) is 5.11 Å². The molecule has 0 unspecified atom stereocenters. The van der Waals surface area contributed by atoms with Crippen LogP contribution in [0.5, 0.6) is 0 Å². The lowest BCUT2D eigenvalue weighted by atomic mass is 10.1. The molecule has 0 aromatic rings. The van der Waals surface area contributed by atoms with Gasteiger partial charge in [0.25, 0.3) is 0 Å². The second-order valence-corrected chi connectivity index (χ2v) is 3.28. The van der Waals surface area contributed by atoms with E-state index in [-0.39, 0.29) is 0 Å². The molecule has 2 nitrogen and oxygen atoms in total. The summed E-state index contributed by atoms with van der Waals surface area (Å²) in [5, 5.41) is 8.69. The first kappa shape index (κ1) is 9.46. The monoisotopic (exact) mass is 168 g/mol. The van der Waals surface area contributed by atoms with E-state index >= 15 is 0 Å². The zero-order chi connectivity index (χ0) is 8.81. The van der Waals surface area contributed by atoms with E-state index in [2.05, 4.69) is 17.4 Å². The van der Waals surface area contributed by atoms with Crippen LogP contribution in [0.25, 0.3) is 0 Å². The van der Waals surface area contributed by atoms with Gasteiger partial charge in [0.1, 0.15) is 6.54 Å². The number of rotatable bonds is 4. The fraction of sp³-hybridized carbons (Fsp3) is 0.700. The summed E-state index contributed by atoms with van der Waals surface area (Å²) in [6.07, 6.45) is 8.49. The lowest BCUT2D eigenvalue weighted by Crippen LogP contribution is -2.20. The highest BCUT2D eigenvalue weighted by molar-refractivity contribution is 5.65. The molecule has 0 aromatic carbocycles. The summed E-state index contributed by atoms with van der Waals surface area (Å²) in [6, 6.07) is 0.648. The Hall–Kier alpha value is -0.630. The first-order valence-electron chi connectivity index (χ1n) is 4.71. The molecule has 1 heterocycles. The molecule has 0 radical (unpaired) electrons. The average molecular weight is 168 g/mol. The molecule has 1 aliphatic heterocycles. The third kappa shape index (κ3) is 2.45. The van der Waals surface area contributed by atoms with Crippen LogP contribution in [0.1, 0.15) is 25.7 Å². The van der Waals surface area contributed by atoms with E-state index in [1.807, 2.05) is 6.08 Å². The van der Waals surface area contributed by atoms with Gasteiger partial charge in [-0.05, 0) is 12.5 Å². The van der Waals surface area contributed by atoms with E-state index in [0.29, 0.717) is 12.6 Å². The molecule has 0 spiro atoms. The molecule has 12 heavy (non-hydrogen) atoms. The Morgan fingerprint density at radius 1 is 1.58 bits per heavy atom. The summed E-state index contributed by atoms with van der Waals surface area (Å²) >= 11 is 0. The minimum absolute atomic E-state index is 0.318. The number of hydrogen-bond acceptors (Lipinski definition) is 1. The Morgan fingerprint density at radius 2 is 2.42 bits per heavy atom. The van der Waals surface area contributed by atoms with Crippen molar-refractivity contribution in [3.8, 4) is 0 Å². The van der Waals surface area contributed by atoms with E-state index in [9.17, 15) is 0 Å². The van der Waals surface area contributed by atoms with Crippen LogP contribution >= 0.6 is 0 Å². The Bertz CT molecular complexity index is 175. The molecule has 0 amide bonds. The average Bonchev–Trinajstić information content (AvgIpc) is 2.50. The van der Waals surface area contributed by atoms with Crippen molar-refractivity contribution in [2.24, 2.45) is 0 Å². The number of allylic oxidation sites excluding steroid dienone is 1. The highest BCUT2D eigenvalue weighted by atomic mass is 16.2. The lowest BCUT2D eigenvalue weighted by molar-refractivity contribution is -0.540. The number of hydrogen-bond donors (Lipinski definition) is 1. The van der Waals surface area contributed by atoms with Crippen LogP contribution in [-0.2, 0) is 0 Å². The van der Waals surface area contributed by atoms with Crippen molar-refractivity contribution in [1.82, 2.24) is 0 Å². The van der Waals surface area contributed by atoms with Crippen molar-refractivity contribution < 1.29 is 9.68 Å². The lowest BCUT2D eigenvalue weighted by Gasteiger charge is -2.04. The largest absolute Gasteiger partial charge is 0.396 e. The van der Waals surface area contributed by atoms with E-state index < -0.39 is 0 Å². The Kier molecular flexibility index (Phi) is 4.01. The van der Waals surface area contributed by atoms with Gasteiger partial charge in [-0.2, -0.15) is 0 Å². The van der Waals surface area contributed by atoms with Crippen molar-refractivity contribution in [2.45, 2.75) is 31.7 Å². The van der Waals surface area contributed by atoms with Crippen molar-refractivity contribution in [2.75, 3.05) is 13.2 Å². The number of aliphatic hydroxyl groups excluding tert-OH is 1. The summed E-state index contributed by atoms with van der Waals surface area (Å²) in [6.45, 7) is 5.17. The maximum Gasteiger partial charge on any atom is 0.162 e. The highest BCUT2D eigenvalue weighted by Crippen LogP contribution is 2.16. The maximum atomic E-state index is 8.69. The van der Waals surface area contributed by atoms with Crippen LogP contribution in [0.2, 0.25) is 0 Å². The Labute approximate surface area is 74.2 Å². The standard InChI is InChI=1S/C10H18NO/c1-2-7-11-8-3-5-10(11)6-4-9-12/h2,7,10,12H,1,3-6,8-9H2/q+1/t10-/m1/s1. The van der Waals surface area contributed by atoms with Gasteiger partial charge >= 0.3 is 0 Å². The molecule has 1 fully saturated rings. The van der Waals surface area contributed by atoms with Crippen LogP contribution < -0.4 is 0 Å². The highest BCUT2D eigenvalue weighted by Gasteiger charge is 2.25. The topological polar surface area (TPSA) is 23.2 Å². The first-order valence-corrected chi connectivity index (χ1v) is 4.71. The molecule has 0 aliphatic carbocycles. The third-order valence-corrected chi connectivity index (χ3v) is 2.42. The van der Waals surface area contributed by atoms with Crippen molar-refractivity contribution >= 4 is 6.21 Å². The SMILES string of the molecule is C=CC=[N+]1CCC[C@@H]1CCCO. The first-order chi connectivity index (χ1) is 5.88. The van der Waals surface area contributed by atoms with Gasteiger partial charge in [0.15, 0.2) is 12.3 Å². The van der Waals surface area contributed by atoms with E-state index in [0.717, 1.165) is 19.4 Å². The summed E-state index contributed by atoms with van der Waals surface area (Å²) in [5.74, 6) is 0. The molecule has 1 atom stereocenters. The predicted octanol–water partition coefficient (Wildman–Crippen LogP) is 1.19. The second-order valence-electron chi connectivity index (χ2n) is 3.28. The van der Waals surface area contributed by atoms with Gasteiger partial charge in [-0.3, -0.25) is 0 Å². The van der Waals surface area contributed by atoms with Crippen LogP contribution in [0, 0.1) is 0 Å². The number of aliphatic hydroxyl groups is 1. The fourth-order valence-electron chi connectivity index (χ4n) is 1.83. The van der Waals surface area contributed by atoms with Gasteiger partial charge in [-0.25, -0.2) is 4.58 Å². The second kappa shape index (κ2) is 5.09. The number of nitrogens with zero attached hydrogens (tertiary/aromatic N) is 1. The molecule has 2 heteroatoms. The van der Waals surface area contributed by atoms with Crippen molar-refractivity contribution in [3.05, 3.63) is 12.7 Å². The van der Waals surface area contributed by atoms with E-state index in [1.54, 1.807) is 0 Å².